The van der Waals surface area contributed by atoms with E-state index >= 15 is 0 Å². The minimum atomic E-state index is -0.542. The lowest BCUT2D eigenvalue weighted by Gasteiger charge is -2.10. The van der Waals surface area contributed by atoms with E-state index < -0.39 is 5.97 Å². The number of methoxy groups -OCH3 is 2. The Morgan fingerprint density at radius 2 is 2.09 bits per heavy atom. The number of carbonyl (C=O) groups excluding carboxylic acids is 1. The molecule has 0 radical (unpaired) electrons. The van der Waals surface area contributed by atoms with Gasteiger partial charge in [0.15, 0.2) is 11.5 Å². The van der Waals surface area contributed by atoms with Gasteiger partial charge in [-0.25, -0.2) is 4.79 Å². The fourth-order valence-electron chi connectivity index (χ4n) is 1.67. The zero-order valence-corrected chi connectivity index (χ0v) is 14.5. The van der Waals surface area contributed by atoms with Gasteiger partial charge in [0.1, 0.15) is 16.6 Å². The molecule has 0 unspecified atom stereocenters. The van der Waals surface area contributed by atoms with E-state index in [1.54, 1.807) is 18.2 Å². The minimum Gasteiger partial charge on any atom is -0.493 e. The molecule has 0 N–H and O–H groups in total. The quantitative estimate of drug-likeness (QED) is 0.567. The van der Waals surface area contributed by atoms with Gasteiger partial charge in [-0.1, -0.05) is 27.7 Å². The number of esters is 1. The van der Waals surface area contributed by atoms with Crippen LogP contribution in [-0.4, -0.2) is 29.8 Å². The highest BCUT2D eigenvalue weighted by Gasteiger charge is 2.10. The van der Waals surface area contributed by atoms with Crippen LogP contribution in [0.3, 0.4) is 0 Å². The monoisotopic (exact) mass is 374 g/mol. The summed E-state index contributed by atoms with van der Waals surface area (Å²) in [6.07, 6.45) is 2.82. The van der Waals surface area contributed by atoms with Crippen molar-refractivity contribution in [2.75, 3.05) is 14.2 Å². The number of carbonyl (C=O) groups is 1. The Kier molecular flexibility index (Phi) is 6.20. The lowest BCUT2D eigenvalue weighted by molar-refractivity contribution is -0.139. The SMILES string of the molecule is COc1cc(/C=C/C(=O)OCc2nnsc2Cl)cc(Cl)c1OC. The molecule has 0 saturated carbocycles. The topological polar surface area (TPSA) is 70.5 Å². The number of ether oxygens (including phenoxy) is 3. The van der Waals surface area contributed by atoms with E-state index in [4.69, 9.17) is 37.4 Å². The molecular weight excluding hydrogens is 363 g/mol. The second-order valence-corrected chi connectivity index (χ2v) is 5.94. The second-order valence-electron chi connectivity index (χ2n) is 4.17. The molecule has 0 amide bonds. The molecule has 1 heterocycles. The zero-order chi connectivity index (χ0) is 16.8. The highest BCUT2D eigenvalue weighted by Crippen LogP contribution is 2.36. The normalized spacial score (nSPS) is 10.8. The largest absolute Gasteiger partial charge is 0.493 e. The van der Waals surface area contributed by atoms with Crippen molar-refractivity contribution in [1.82, 2.24) is 9.59 Å². The fraction of sp³-hybridized carbons (Fsp3) is 0.214. The van der Waals surface area contributed by atoms with Gasteiger partial charge in [0.05, 0.1) is 19.2 Å². The lowest BCUT2D eigenvalue weighted by atomic mass is 10.2. The van der Waals surface area contributed by atoms with Crippen molar-refractivity contribution in [2.24, 2.45) is 0 Å². The van der Waals surface area contributed by atoms with Crippen molar-refractivity contribution in [3.05, 3.63) is 38.8 Å². The first-order valence-electron chi connectivity index (χ1n) is 6.28. The van der Waals surface area contributed by atoms with E-state index in [2.05, 4.69) is 9.59 Å². The number of hydrogen-bond donors (Lipinski definition) is 0. The number of nitrogens with zero attached hydrogens (tertiary/aromatic N) is 2. The maximum absolute atomic E-state index is 11.7. The van der Waals surface area contributed by atoms with Crippen LogP contribution < -0.4 is 9.47 Å². The average molecular weight is 375 g/mol. The Labute approximate surface area is 146 Å². The van der Waals surface area contributed by atoms with Gasteiger partial charge in [0.25, 0.3) is 0 Å². The number of benzene rings is 1. The van der Waals surface area contributed by atoms with Crippen LogP contribution in [0.15, 0.2) is 18.2 Å². The molecule has 23 heavy (non-hydrogen) atoms. The molecule has 2 aromatic rings. The first-order chi connectivity index (χ1) is 11.0. The first-order valence-corrected chi connectivity index (χ1v) is 7.81. The van der Waals surface area contributed by atoms with Crippen molar-refractivity contribution in [1.29, 1.82) is 0 Å². The summed E-state index contributed by atoms with van der Waals surface area (Å²) in [4.78, 5) is 11.7. The average Bonchev–Trinajstić information content (AvgIpc) is 2.95. The van der Waals surface area contributed by atoms with E-state index in [1.165, 1.54) is 20.3 Å². The molecule has 2 rings (SSSR count). The summed E-state index contributed by atoms with van der Waals surface area (Å²) in [6.45, 7) is -0.0365. The third-order valence-corrected chi connectivity index (χ3v) is 3.99. The van der Waals surface area contributed by atoms with Gasteiger partial charge in [-0.15, -0.1) is 5.10 Å². The highest BCUT2D eigenvalue weighted by atomic mass is 35.5. The van der Waals surface area contributed by atoms with Crippen LogP contribution in [0.25, 0.3) is 6.08 Å². The number of aromatic nitrogens is 2. The number of hydrogen-bond acceptors (Lipinski definition) is 7. The van der Waals surface area contributed by atoms with Gasteiger partial charge in [-0.2, -0.15) is 0 Å². The summed E-state index contributed by atoms with van der Waals surface area (Å²) < 4.78 is 19.4. The van der Waals surface area contributed by atoms with Crippen LogP contribution in [0.5, 0.6) is 11.5 Å². The first kappa shape index (κ1) is 17.5. The van der Waals surface area contributed by atoms with Gasteiger partial charge in [0, 0.05) is 17.6 Å². The maximum Gasteiger partial charge on any atom is 0.331 e. The van der Waals surface area contributed by atoms with Crippen LogP contribution in [0.2, 0.25) is 9.36 Å². The standard InChI is InChI=1S/C14H12Cl2N2O4S/c1-20-11-6-8(5-9(15)13(11)21-2)3-4-12(19)22-7-10-14(16)23-18-17-10/h3-6H,7H2,1-2H3/b4-3+. The number of rotatable bonds is 6. The fourth-order valence-corrected chi connectivity index (χ4v) is 2.57. The molecule has 0 spiro atoms. The maximum atomic E-state index is 11.7. The molecule has 9 heteroatoms. The van der Waals surface area contributed by atoms with Gasteiger partial charge in [-0.05, 0) is 23.8 Å². The van der Waals surface area contributed by atoms with E-state index in [1.807, 2.05) is 0 Å². The van der Waals surface area contributed by atoms with Crippen LogP contribution in [-0.2, 0) is 16.1 Å². The molecule has 0 aliphatic rings. The van der Waals surface area contributed by atoms with Crippen molar-refractivity contribution < 1.29 is 19.0 Å². The molecule has 0 aliphatic heterocycles. The predicted molar refractivity (Wildman–Crippen MR) is 88.3 cm³/mol. The van der Waals surface area contributed by atoms with Gasteiger partial charge >= 0.3 is 5.97 Å². The third kappa shape index (κ3) is 4.57. The third-order valence-electron chi connectivity index (χ3n) is 2.73. The summed E-state index contributed by atoms with van der Waals surface area (Å²) in [5.41, 5.74) is 1.09. The molecule has 122 valence electrons. The Bertz CT molecular complexity index is 734. The summed E-state index contributed by atoms with van der Waals surface area (Å²) in [6, 6.07) is 3.34. The summed E-state index contributed by atoms with van der Waals surface area (Å²) in [5.74, 6) is 0.355. The molecule has 6 nitrogen and oxygen atoms in total. The van der Waals surface area contributed by atoms with Crippen LogP contribution in [0.1, 0.15) is 11.3 Å². The Morgan fingerprint density at radius 3 is 2.70 bits per heavy atom. The van der Waals surface area contributed by atoms with Crippen molar-refractivity contribution in [3.63, 3.8) is 0 Å². The smallest absolute Gasteiger partial charge is 0.331 e. The van der Waals surface area contributed by atoms with E-state index in [0.29, 0.717) is 32.1 Å². The molecule has 0 bridgehead atoms. The van der Waals surface area contributed by atoms with Crippen molar-refractivity contribution in [2.45, 2.75) is 6.61 Å². The summed E-state index contributed by atoms with van der Waals surface area (Å²) in [7, 11) is 3.00. The molecule has 1 aromatic carbocycles. The van der Waals surface area contributed by atoms with Crippen molar-refractivity contribution >= 4 is 46.8 Å². The molecule has 0 atom stereocenters. The van der Waals surface area contributed by atoms with Crippen LogP contribution in [0, 0.1) is 0 Å². The number of halogens is 2. The summed E-state index contributed by atoms with van der Waals surface area (Å²) in [5, 5.41) is 4.12. The molecule has 0 saturated heterocycles. The molecule has 0 aliphatic carbocycles. The Morgan fingerprint density at radius 1 is 1.30 bits per heavy atom. The highest BCUT2D eigenvalue weighted by molar-refractivity contribution is 7.10. The second kappa shape index (κ2) is 8.14. The lowest BCUT2D eigenvalue weighted by Crippen LogP contribution is -2.01. The van der Waals surface area contributed by atoms with E-state index in [0.717, 1.165) is 11.5 Å². The van der Waals surface area contributed by atoms with Crippen LogP contribution in [0.4, 0.5) is 0 Å². The van der Waals surface area contributed by atoms with Gasteiger partial charge < -0.3 is 14.2 Å². The molecular formula is C14H12Cl2N2O4S. The zero-order valence-electron chi connectivity index (χ0n) is 12.2. The van der Waals surface area contributed by atoms with Crippen molar-refractivity contribution in [3.8, 4) is 11.5 Å². The summed E-state index contributed by atoms with van der Waals surface area (Å²) >= 11 is 12.9. The van der Waals surface area contributed by atoms with E-state index in [9.17, 15) is 4.79 Å². The minimum absolute atomic E-state index is 0.0365. The molecule has 1 aromatic heterocycles. The van der Waals surface area contributed by atoms with Gasteiger partial charge in [0.2, 0.25) is 0 Å². The predicted octanol–water partition coefficient (Wildman–Crippen LogP) is 3.62. The van der Waals surface area contributed by atoms with Crippen LogP contribution >= 0.6 is 34.7 Å². The Hall–Kier alpha value is -1.83. The Balaban J connectivity index is 2.03. The van der Waals surface area contributed by atoms with E-state index in [-0.39, 0.29) is 6.61 Å². The molecule has 0 fully saturated rings. The van der Waals surface area contributed by atoms with Gasteiger partial charge in [-0.3, -0.25) is 0 Å².